The number of hydrogen-bond donors (Lipinski definition) is 0. The van der Waals surface area contributed by atoms with Crippen LogP contribution in [-0.4, -0.2) is 12.6 Å². The van der Waals surface area contributed by atoms with Gasteiger partial charge in [0.15, 0.2) is 0 Å². The van der Waals surface area contributed by atoms with E-state index < -0.39 is 32.4 Å². The molecule has 0 aliphatic rings. The van der Waals surface area contributed by atoms with Crippen molar-refractivity contribution in [3.05, 3.63) is 229 Å². The first-order valence-corrected chi connectivity index (χ1v) is 21.9. The molecule has 0 aromatic heterocycles. The summed E-state index contributed by atoms with van der Waals surface area (Å²) in [6.07, 6.45) is 5.19. The summed E-state index contributed by atoms with van der Waals surface area (Å²) >= 11 is 11.8. The summed E-state index contributed by atoms with van der Waals surface area (Å²) in [5, 5.41) is 6.13. The van der Waals surface area contributed by atoms with Gasteiger partial charge >= 0.3 is 0 Å². The predicted molar refractivity (Wildman–Crippen MR) is 231 cm³/mol. The smallest absolute Gasteiger partial charge is 0.123 e. The average molecular weight is 850 g/mol. The second-order valence-electron chi connectivity index (χ2n) is 11.8. The van der Waals surface area contributed by atoms with E-state index in [9.17, 15) is 25.8 Å². The molecule has 0 fully saturated rings. The van der Waals surface area contributed by atoms with Crippen LogP contribution < -0.4 is 0 Å². The Morgan fingerprint density at radius 1 is 0.411 bits per heavy atom. The largest absolute Gasteiger partial charge is 0.255 e. The quantitative estimate of drug-likeness (QED) is 0.123. The summed E-state index contributed by atoms with van der Waals surface area (Å²) in [6, 6.07) is 42.4. The average Bonchev–Trinajstić information content (AvgIpc) is 3.20. The van der Waals surface area contributed by atoms with Gasteiger partial charge in [-0.25, -0.2) is 13.2 Å². The normalized spacial score (nSPS) is 12.7. The fraction of sp³-hybridized carbons (Fsp3) is 0.0667. The maximum atomic E-state index is 12.7. The Labute approximate surface area is 343 Å². The van der Waals surface area contributed by atoms with Gasteiger partial charge in [0.05, 0.1) is 49.7 Å². The summed E-state index contributed by atoms with van der Waals surface area (Å²) in [4.78, 5) is 0. The summed E-state index contributed by atoms with van der Waals surface area (Å²) < 4.78 is 73.7. The number of halogens is 5. The van der Waals surface area contributed by atoms with E-state index in [2.05, 4.69) is 0 Å². The summed E-state index contributed by atoms with van der Waals surface area (Å²) in [7, 11) is -3.30. The topological polar surface area (TPSA) is 51.2 Å². The van der Waals surface area contributed by atoms with E-state index >= 15 is 0 Å². The van der Waals surface area contributed by atoms with E-state index in [0.717, 1.165) is 33.4 Å². The van der Waals surface area contributed by atoms with Crippen LogP contribution in [0.25, 0.3) is 18.2 Å². The molecule has 0 radical (unpaired) electrons. The van der Waals surface area contributed by atoms with Crippen LogP contribution in [-0.2, 0) is 49.7 Å². The van der Waals surface area contributed by atoms with Crippen LogP contribution >= 0.6 is 23.2 Å². The molecule has 0 aliphatic carbocycles. The van der Waals surface area contributed by atoms with Crippen molar-refractivity contribution in [2.45, 2.75) is 17.3 Å². The fourth-order valence-electron chi connectivity index (χ4n) is 4.58. The molecule has 0 bridgehead atoms. The number of benzene rings is 6. The van der Waals surface area contributed by atoms with Crippen molar-refractivity contribution in [1.29, 1.82) is 0 Å². The Morgan fingerprint density at radius 2 is 0.768 bits per heavy atom. The van der Waals surface area contributed by atoms with Crippen molar-refractivity contribution in [3.8, 4) is 0 Å². The zero-order chi connectivity index (χ0) is 40.1. The third-order valence-electron chi connectivity index (χ3n) is 7.48. The Kier molecular flexibility index (Phi) is 19.0. The van der Waals surface area contributed by atoms with Crippen LogP contribution in [0.2, 0.25) is 10.0 Å². The molecule has 288 valence electrons. The van der Waals surface area contributed by atoms with Crippen molar-refractivity contribution in [1.82, 2.24) is 0 Å². The van der Waals surface area contributed by atoms with Crippen molar-refractivity contribution in [2.24, 2.45) is 0 Å². The van der Waals surface area contributed by atoms with Gasteiger partial charge in [-0.1, -0.05) is 120 Å². The predicted octanol–water partition coefficient (Wildman–Crippen LogP) is 12.5. The van der Waals surface area contributed by atoms with Gasteiger partial charge in [0, 0.05) is 26.3 Å². The van der Waals surface area contributed by atoms with Gasteiger partial charge in [0.1, 0.15) is 17.5 Å². The minimum absolute atomic E-state index is 0.266. The highest BCUT2D eigenvalue weighted by molar-refractivity contribution is 7.87. The van der Waals surface area contributed by atoms with Crippen LogP contribution in [0.1, 0.15) is 33.4 Å². The fourth-order valence-corrected chi connectivity index (χ4v) is 7.80. The molecule has 6 rings (SSSR count). The third kappa shape index (κ3) is 17.4. The highest BCUT2D eigenvalue weighted by atomic mass is 35.5. The van der Waals surface area contributed by atoms with Gasteiger partial charge in [-0.05, 0) is 106 Å². The van der Waals surface area contributed by atoms with Crippen LogP contribution in [0.3, 0.4) is 0 Å². The minimum Gasteiger partial charge on any atom is -0.255 e. The Morgan fingerprint density at radius 3 is 1.18 bits per heavy atom. The van der Waals surface area contributed by atoms with Gasteiger partial charge in [0.25, 0.3) is 0 Å². The molecule has 56 heavy (non-hydrogen) atoms. The van der Waals surface area contributed by atoms with Crippen LogP contribution in [0.5, 0.6) is 0 Å². The lowest BCUT2D eigenvalue weighted by molar-refractivity contribution is 0.627. The van der Waals surface area contributed by atoms with Crippen LogP contribution in [0.15, 0.2) is 168 Å². The van der Waals surface area contributed by atoms with Gasteiger partial charge in [0.2, 0.25) is 0 Å². The number of rotatable bonds is 12. The standard InChI is InChI=1S/2C15H12ClFOS.C15H13FOS/c16-14-5-1-13(2-6-14)11-19(18)10-9-12-3-7-15(17)8-4-12;16-15-4-2-1-3-13(15)11-19(18)10-9-12-5-7-14(17)8-6-12;16-15-8-6-13(7-9-15)10-11-18(17)12-14-4-2-1-3-5-14/h2*1-10H,11H2;1-11H,12H2/b2*10-9-;11-10-. The lowest BCUT2D eigenvalue weighted by Gasteiger charge is -2.01. The molecule has 3 nitrogen and oxygen atoms in total. The van der Waals surface area contributed by atoms with Gasteiger partial charge in [-0.3, -0.25) is 12.6 Å². The SMILES string of the molecule is O=S(/C=C\c1ccc(F)cc1)Cc1ccc(Cl)cc1.O=S(/C=C\c1ccc(F)cc1)Cc1ccccc1.O=S(/C=C\c1ccc(F)cc1)Cc1ccccc1Cl. The summed E-state index contributed by atoms with van der Waals surface area (Å²) in [5.74, 6) is 0.483. The Balaban J connectivity index is 0.000000187. The van der Waals surface area contributed by atoms with Crippen molar-refractivity contribution < 1.29 is 25.8 Å². The molecule has 0 amide bonds. The van der Waals surface area contributed by atoms with Gasteiger partial charge in [-0.15, -0.1) is 0 Å². The molecule has 3 atom stereocenters. The third-order valence-corrected chi connectivity index (χ3v) is 11.2. The highest BCUT2D eigenvalue weighted by Gasteiger charge is 2.03. The highest BCUT2D eigenvalue weighted by Crippen LogP contribution is 2.18. The monoisotopic (exact) mass is 848 g/mol. The molecule has 3 unspecified atom stereocenters. The van der Waals surface area contributed by atoms with E-state index in [-0.39, 0.29) is 17.5 Å². The van der Waals surface area contributed by atoms with Crippen molar-refractivity contribution in [3.63, 3.8) is 0 Å². The first-order chi connectivity index (χ1) is 27.0. The van der Waals surface area contributed by atoms with Gasteiger partial charge < -0.3 is 0 Å². The Bertz CT molecular complexity index is 2260. The molecule has 0 saturated heterocycles. The maximum absolute atomic E-state index is 12.7. The van der Waals surface area contributed by atoms with E-state index in [4.69, 9.17) is 23.2 Å². The molecule has 0 N–H and O–H groups in total. The molecule has 0 spiro atoms. The van der Waals surface area contributed by atoms with E-state index in [1.807, 2.05) is 60.7 Å². The molecular formula is C45H37Cl2F3O3S3. The summed E-state index contributed by atoms with van der Waals surface area (Å²) in [5.41, 5.74) is 5.34. The Hall–Kier alpha value is -4.64. The number of hydrogen-bond acceptors (Lipinski definition) is 3. The zero-order valence-electron chi connectivity index (χ0n) is 29.9. The lowest BCUT2D eigenvalue weighted by Crippen LogP contribution is -1.92. The molecule has 6 aromatic carbocycles. The van der Waals surface area contributed by atoms with E-state index in [1.165, 1.54) is 36.4 Å². The first-order valence-electron chi connectivity index (χ1n) is 17.0. The van der Waals surface area contributed by atoms with E-state index in [0.29, 0.717) is 27.3 Å². The van der Waals surface area contributed by atoms with Crippen molar-refractivity contribution >= 4 is 73.8 Å². The minimum atomic E-state index is -1.15. The second kappa shape index (κ2) is 24.1. The molecule has 6 aromatic rings. The van der Waals surface area contributed by atoms with Crippen LogP contribution in [0.4, 0.5) is 13.2 Å². The summed E-state index contributed by atoms with van der Waals surface area (Å²) in [6.45, 7) is 0. The maximum Gasteiger partial charge on any atom is 0.123 e. The molecule has 11 heteroatoms. The molecule has 0 saturated carbocycles. The molecular weight excluding hydrogens is 813 g/mol. The van der Waals surface area contributed by atoms with Crippen LogP contribution in [0, 0.1) is 17.5 Å². The van der Waals surface area contributed by atoms with Gasteiger partial charge in [-0.2, -0.15) is 0 Å². The van der Waals surface area contributed by atoms with E-state index in [1.54, 1.807) is 89.0 Å². The first kappa shape index (κ1) is 44.1. The second-order valence-corrected chi connectivity index (χ2v) is 16.7. The van der Waals surface area contributed by atoms with Crippen molar-refractivity contribution in [2.75, 3.05) is 0 Å². The molecule has 0 aliphatic heterocycles. The lowest BCUT2D eigenvalue weighted by atomic mass is 10.2. The molecule has 0 heterocycles. The zero-order valence-corrected chi connectivity index (χ0v) is 33.8.